The molecule has 1 heterocycles. The van der Waals surface area contributed by atoms with Gasteiger partial charge in [0.1, 0.15) is 24.1 Å². The smallest absolute Gasteiger partial charge is 0.271 e. The van der Waals surface area contributed by atoms with Gasteiger partial charge in [-0.05, 0) is 60.4 Å². The van der Waals surface area contributed by atoms with Crippen LogP contribution in [-0.2, 0) is 16.2 Å². The molecule has 0 aliphatic carbocycles. The number of ether oxygens (including phenoxy) is 2. The summed E-state index contributed by atoms with van der Waals surface area (Å²) in [4.78, 5) is 26.7. The van der Waals surface area contributed by atoms with Crippen molar-refractivity contribution in [3.05, 3.63) is 76.1 Å². The molecule has 0 N–H and O–H groups in total. The summed E-state index contributed by atoms with van der Waals surface area (Å²) < 4.78 is 24.3. The summed E-state index contributed by atoms with van der Waals surface area (Å²) in [5, 5.41) is 9.48. The summed E-state index contributed by atoms with van der Waals surface area (Å²) in [7, 11) is 1.51. The predicted octanol–water partition coefficient (Wildman–Crippen LogP) is 4.81. The quantitative estimate of drug-likeness (QED) is 0.428. The van der Waals surface area contributed by atoms with E-state index in [1.807, 2.05) is 13.0 Å². The van der Waals surface area contributed by atoms with Crippen LogP contribution in [0.2, 0.25) is 0 Å². The van der Waals surface area contributed by atoms with Gasteiger partial charge in [-0.25, -0.2) is 4.39 Å². The monoisotopic (exact) mass is 448 g/mol. The average Bonchev–Trinajstić information content (AvgIpc) is 2.82. The fourth-order valence-corrected chi connectivity index (χ4v) is 3.45. The molecule has 33 heavy (non-hydrogen) atoms. The van der Waals surface area contributed by atoms with Crippen molar-refractivity contribution in [2.24, 2.45) is 0 Å². The van der Waals surface area contributed by atoms with Crippen LogP contribution in [0.15, 0.2) is 59.2 Å². The van der Waals surface area contributed by atoms with Crippen LogP contribution in [0.5, 0.6) is 11.5 Å². The van der Waals surface area contributed by atoms with E-state index >= 15 is 0 Å². The van der Waals surface area contributed by atoms with Crippen LogP contribution in [0.25, 0.3) is 6.08 Å². The fourth-order valence-electron chi connectivity index (χ4n) is 3.45. The highest BCUT2D eigenvalue weighted by atomic mass is 19.1. The predicted molar refractivity (Wildman–Crippen MR) is 122 cm³/mol. The van der Waals surface area contributed by atoms with Gasteiger partial charge in [0.15, 0.2) is 11.5 Å². The van der Waals surface area contributed by atoms with E-state index in [0.29, 0.717) is 34.6 Å². The zero-order valence-corrected chi connectivity index (χ0v) is 18.9. The molecule has 170 valence electrons. The summed E-state index contributed by atoms with van der Waals surface area (Å²) >= 11 is 0. The molecular weight excluding hydrogens is 423 g/mol. The third-order valence-electron chi connectivity index (χ3n) is 5.37. The molecule has 0 bridgehead atoms. The standard InChI is InChI=1S/C26H25FN2O4/c1-4-5-12-29-25(30)21(17(2)22(15-28)26(29)31)13-19-8-11-23(24(14-19)32-3)33-16-18-6-9-20(27)10-7-18/h6-11,13-14H,4-5,12,16H2,1-3H3/b21-13+. The molecule has 7 heteroatoms. The molecule has 1 aliphatic rings. The van der Waals surface area contributed by atoms with Gasteiger partial charge >= 0.3 is 0 Å². The van der Waals surface area contributed by atoms with Gasteiger partial charge in [-0.3, -0.25) is 14.5 Å². The largest absolute Gasteiger partial charge is 0.493 e. The van der Waals surface area contributed by atoms with Crippen molar-refractivity contribution in [1.29, 1.82) is 5.26 Å². The lowest BCUT2D eigenvalue weighted by molar-refractivity contribution is -0.140. The molecule has 0 saturated heterocycles. The van der Waals surface area contributed by atoms with E-state index < -0.39 is 11.8 Å². The zero-order valence-electron chi connectivity index (χ0n) is 18.9. The summed E-state index contributed by atoms with van der Waals surface area (Å²) in [6, 6.07) is 13.1. The van der Waals surface area contributed by atoms with Crippen LogP contribution in [0.4, 0.5) is 4.39 Å². The first-order chi connectivity index (χ1) is 15.9. The number of benzene rings is 2. The van der Waals surface area contributed by atoms with E-state index in [2.05, 4.69) is 0 Å². The van der Waals surface area contributed by atoms with E-state index in [0.717, 1.165) is 16.9 Å². The van der Waals surface area contributed by atoms with Crippen LogP contribution in [0, 0.1) is 17.1 Å². The first kappa shape index (κ1) is 23.7. The Labute approximate surface area is 192 Å². The fraction of sp³-hybridized carbons (Fsp3) is 0.269. The number of amides is 2. The maximum Gasteiger partial charge on any atom is 0.271 e. The molecule has 6 nitrogen and oxygen atoms in total. The van der Waals surface area contributed by atoms with Crippen molar-refractivity contribution < 1.29 is 23.5 Å². The van der Waals surface area contributed by atoms with Gasteiger partial charge in [-0.15, -0.1) is 0 Å². The lowest BCUT2D eigenvalue weighted by Gasteiger charge is -2.27. The van der Waals surface area contributed by atoms with E-state index in [1.165, 1.54) is 19.2 Å². The normalized spacial score (nSPS) is 15.1. The summed E-state index contributed by atoms with van der Waals surface area (Å²) in [5.41, 5.74) is 2.09. The van der Waals surface area contributed by atoms with Crippen molar-refractivity contribution in [1.82, 2.24) is 4.90 Å². The summed E-state index contributed by atoms with van der Waals surface area (Å²) in [6.07, 6.45) is 3.13. The van der Waals surface area contributed by atoms with Crippen molar-refractivity contribution in [3.63, 3.8) is 0 Å². The van der Waals surface area contributed by atoms with Crippen molar-refractivity contribution in [3.8, 4) is 17.6 Å². The topological polar surface area (TPSA) is 79.6 Å². The van der Waals surface area contributed by atoms with Gasteiger partial charge in [0.2, 0.25) is 0 Å². The zero-order chi connectivity index (χ0) is 24.0. The Bertz CT molecular complexity index is 1160. The Hall–Kier alpha value is -3.92. The summed E-state index contributed by atoms with van der Waals surface area (Å²) in [5.74, 6) is -0.336. The van der Waals surface area contributed by atoms with Crippen LogP contribution in [-0.4, -0.2) is 30.4 Å². The molecule has 2 aromatic rings. The van der Waals surface area contributed by atoms with Crippen LogP contribution in [0.1, 0.15) is 37.8 Å². The lowest BCUT2D eigenvalue weighted by atomic mass is 9.93. The minimum absolute atomic E-state index is 0.0248. The second kappa shape index (κ2) is 10.6. The van der Waals surface area contributed by atoms with Gasteiger partial charge in [0.05, 0.1) is 7.11 Å². The number of carbonyl (C=O) groups excluding carboxylic acids is 2. The van der Waals surface area contributed by atoms with Gasteiger partial charge in [-0.1, -0.05) is 31.5 Å². The minimum atomic E-state index is -0.548. The molecular formula is C26H25FN2O4. The maximum atomic E-state index is 13.1. The number of carbonyl (C=O) groups is 2. The van der Waals surface area contributed by atoms with Crippen molar-refractivity contribution >= 4 is 17.9 Å². The van der Waals surface area contributed by atoms with Gasteiger partial charge in [0, 0.05) is 12.1 Å². The highest BCUT2D eigenvalue weighted by molar-refractivity contribution is 6.19. The number of unbranched alkanes of at least 4 members (excludes halogenated alkanes) is 1. The number of methoxy groups -OCH3 is 1. The number of nitrogens with zero attached hydrogens (tertiary/aromatic N) is 2. The molecule has 0 aromatic heterocycles. The summed E-state index contributed by atoms with van der Waals surface area (Å²) in [6.45, 7) is 4.07. The Balaban J connectivity index is 1.90. The molecule has 0 atom stereocenters. The van der Waals surface area contributed by atoms with E-state index in [1.54, 1.807) is 43.3 Å². The Morgan fingerprint density at radius 2 is 1.82 bits per heavy atom. The Morgan fingerprint density at radius 3 is 2.45 bits per heavy atom. The molecule has 0 unspecified atom stereocenters. The number of hydrogen-bond acceptors (Lipinski definition) is 5. The Kier molecular flexibility index (Phi) is 7.62. The van der Waals surface area contributed by atoms with Crippen LogP contribution >= 0.6 is 0 Å². The first-order valence-corrected chi connectivity index (χ1v) is 10.6. The van der Waals surface area contributed by atoms with Gasteiger partial charge < -0.3 is 9.47 Å². The Morgan fingerprint density at radius 1 is 1.09 bits per heavy atom. The number of halogens is 1. The number of nitriles is 1. The van der Waals surface area contributed by atoms with E-state index in [9.17, 15) is 19.2 Å². The molecule has 0 spiro atoms. The molecule has 3 rings (SSSR count). The number of rotatable bonds is 8. The number of imide groups is 1. The first-order valence-electron chi connectivity index (χ1n) is 10.6. The molecule has 2 amide bonds. The molecule has 1 aliphatic heterocycles. The number of hydrogen-bond donors (Lipinski definition) is 0. The second-order valence-electron chi connectivity index (χ2n) is 7.61. The molecule has 0 radical (unpaired) electrons. The average molecular weight is 448 g/mol. The van der Waals surface area contributed by atoms with Crippen LogP contribution < -0.4 is 9.47 Å². The van der Waals surface area contributed by atoms with Crippen molar-refractivity contribution in [2.75, 3.05) is 13.7 Å². The third-order valence-corrected chi connectivity index (χ3v) is 5.37. The maximum absolute atomic E-state index is 13.1. The molecule has 0 fully saturated rings. The van der Waals surface area contributed by atoms with Gasteiger partial charge in [-0.2, -0.15) is 5.26 Å². The van der Waals surface area contributed by atoms with Crippen molar-refractivity contribution in [2.45, 2.75) is 33.3 Å². The second-order valence-corrected chi connectivity index (χ2v) is 7.61. The third kappa shape index (κ3) is 5.29. The molecule has 2 aromatic carbocycles. The SMILES string of the molecule is CCCCN1C(=O)C(C#N)=C(C)/C(=C\c2ccc(OCc3ccc(F)cc3)c(OC)c2)C1=O. The minimum Gasteiger partial charge on any atom is -0.493 e. The van der Waals surface area contributed by atoms with E-state index in [4.69, 9.17) is 9.47 Å². The molecule has 0 saturated carbocycles. The highest BCUT2D eigenvalue weighted by Crippen LogP contribution is 2.32. The highest BCUT2D eigenvalue weighted by Gasteiger charge is 2.34. The van der Waals surface area contributed by atoms with E-state index in [-0.39, 0.29) is 24.5 Å². The van der Waals surface area contributed by atoms with Gasteiger partial charge in [0.25, 0.3) is 11.8 Å². The van der Waals surface area contributed by atoms with Crippen LogP contribution in [0.3, 0.4) is 0 Å². The lowest BCUT2D eigenvalue weighted by Crippen LogP contribution is -2.43.